The van der Waals surface area contributed by atoms with Crippen molar-refractivity contribution in [1.82, 2.24) is 4.98 Å². The highest BCUT2D eigenvalue weighted by Crippen LogP contribution is 2.33. The van der Waals surface area contributed by atoms with Crippen molar-refractivity contribution in [2.24, 2.45) is 5.10 Å². The number of nitro benzene ring substituents is 1. The fraction of sp³-hybridized carbons (Fsp3) is 0.0909. The first-order chi connectivity index (χ1) is 9.61. The number of benzene rings is 1. The molecule has 2 N–H and O–H groups in total. The molecule has 0 aliphatic rings. The predicted molar refractivity (Wildman–Crippen MR) is 74.6 cm³/mol. The van der Waals surface area contributed by atoms with Gasteiger partial charge >= 0.3 is 0 Å². The van der Waals surface area contributed by atoms with Crippen molar-refractivity contribution < 1.29 is 14.8 Å². The summed E-state index contributed by atoms with van der Waals surface area (Å²) in [5, 5.41) is 26.9. The number of nitrogens with one attached hydrogen (secondary N) is 1. The highest BCUT2D eigenvalue weighted by molar-refractivity contribution is 7.13. The van der Waals surface area contributed by atoms with Crippen LogP contribution >= 0.6 is 11.3 Å². The van der Waals surface area contributed by atoms with E-state index >= 15 is 0 Å². The average molecular weight is 294 g/mol. The molecule has 0 aliphatic heterocycles. The summed E-state index contributed by atoms with van der Waals surface area (Å²) in [5.74, 6) is -0.210. The minimum absolute atomic E-state index is 0.00917. The topological polar surface area (TPSA) is 110 Å². The van der Waals surface area contributed by atoms with Gasteiger partial charge < -0.3 is 9.84 Å². The molecule has 0 saturated carbocycles. The Balaban J connectivity index is 2.27. The number of aromatic nitrogens is 1. The molecule has 0 saturated heterocycles. The summed E-state index contributed by atoms with van der Waals surface area (Å²) in [4.78, 5) is 14.2. The van der Waals surface area contributed by atoms with Gasteiger partial charge in [-0.15, -0.1) is 11.3 Å². The standard InChI is InChI=1S/C11H10N4O4S/c1-19-9-5-8(15(17)18)4-7(10(9)16)6-13-14-11-12-2-3-20-11/h2-6,16H,1H3,(H,12,14)/b13-6+. The molecule has 0 fully saturated rings. The number of anilines is 1. The minimum atomic E-state index is -0.576. The van der Waals surface area contributed by atoms with Gasteiger partial charge in [0.05, 0.1) is 24.3 Å². The van der Waals surface area contributed by atoms with E-state index in [1.165, 1.54) is 30.7 Å². The van der Waals surface area contributed by atoms with E-state index in [4.69, 9.17) is 4.74 Å². The van der Waals surface area contributed by atoms with E-state index < -0.39 is 4.92 Å². The molecule has 1 heterocycles. The molecule has 1 aromatic carbocycles. The maximum atomic E-state index is 10.8. The van der Waals surface area contributed by atoms with Crippen LogP contribution in [-0.4, -0.2) is 28.3 Å². The van der Waals surface area contributed by atoms with Crippen LogP contribution in [0.4, 0.5) is 10.8 Å². The number of non-ortho nitro benzene ring substituents is 1. The number of ether oxygens (including phenoxy) is 1. The maximum absolute atomic E-state index is 10.8. The van der Waals surface area contributed by atoms with E-state index in [0.717, 1.165) is 6.07 Å². The van der Waals surface area contributed by atoms with E-state index in [1.54, 1.807) is 11.6 Å². The first-order valence-electron chi connectivity index (χ1n) is 5.35. The Bertz CT molecular complexity index is 642. The zero-order valence-corrected chi connectivity index (χ0v) is 11.1. The normalized spacial score (nSPS) is 10.7. The fourth-order valence-corrected chi connectivity index (χ4v) is 1.89. The number of hydrogen-bond donors (Lipinski definition) is 2. The molecule has 0 bridgehead atoms. The Kier molecular flexibility index (Phi) is 4.11. The van der Waals surface area contributed by atoms with Gasteiger partial charge in [-0.2, -0.15) is 5.10 Å². The third kappa shape index (κ3) is 3.01. The largest absolute Gasteiger partial charge is 0.504 e. The second-order valence-corrected chi connectivity index (χ2v) is 4.44. The molecule has 1 aromatic heterocycles. The summed E-state index contributed by atoms with van der Waals surface area (Å²) in [6, 6.07) is 2.34. The molecule has 104 valence electrons. The summed E-state index contributed by atoms with van der Waals surface area (Å²) in [6.07, 6.45) is 2.86. The molecule has 2 aromatic rings. The Morgan fingerprint density at radius 2 is 2.40 bits per heavy atom. The summed E-state index contributed by atoms with van der Waals surface area (Å²) in [5.41, 5.74) is 2.61. The van der Waals surface area contributed by atoms with Gasteiger partial charge in [0.1, 0.15) is 0 Å². The summed E-state index contributed by atoms with van der Waals surface area (Å²) >= 11 is 1.35. The van der Waals surface area contributed by atoms with Crippen molar-refractivity contribution in [2.45, 2.75) is 0 Å². The second-order valence-electron chi connectivity index (χ2n) is 3.55. The maximum Gasteiger partial charge on any atom is 0.274 e. The van der Waals surface area contributed by atoms with Crippen LogP contribution in [0.2, 0.25) is 0 Å². The number of nitrogens with zero attached hydrogens (tertiary/aromatic N) is 3. The lowest BCUT2D eigenvalue weighted by Gasteiger charge is -2.05. The molecule has 0 atom stereocenters. The van der Waals surface area contributed by atoms with E-state index in [9.17, 15) is 15.2 Å². The van der Waals surface area contributed by atoms with Gasteiger partial charge in [0.15, 0.2) is 11.5 Å². The molecule has 0 spiro atoms. The molecular formula is C11H10N4O4S. The lowest BCUT2D eigenvalue weighted by Crippen LogP contribution is -1.96. The molecule has 0 unspecified atom stereocenters. The van der Waals surface area contributed by atoms with Crippen molar-refractivity contribution in [3.63, 3.8) is 0 Å². The third-order valence-corrected chi connectivity index (χ3v) is 2.99. The number of phenolic OH excluding ortho intramolecular Hbond substituents is 1. The van der Waals surface area contributed by atoms with Crippen LogP contribution in [0.5, 0.6) is 11.5 Å². The van der Waals surface area contributed by atoms with Crippen LogP contribution in [0.3, 0.4) is 0 Å². The van der Waals surface area contributed by atoms with Gasteiger partial charge in [0, 0.05) is 23.2 Å². The first kappa shape index (κ1) is 13.7. The number of hydrogen-bond acceptors (Lipinski definition) is 8. The quantitative estimate of drug-likeness (QED) is 0.497. The smallest absolute Gasteiger partial charge is 0.274 e. The molecular weight excluding hydrogens is 284 g/mol. The van der Waals surface area contributed by atoms with Gasteiger partial charge in [-0.1, -0.05) is 0 Å². The molecule has 0 aliphatic carbocycles. The van der Waals surface area contributed by atoms with Gasteiger partial charge in [-0.05, 0) is 0 Å². The van der Waals surface area contributed by atoms with Gasteiger partial charge in [-0.25, -0.2) is 4.98 Å². The monoisotopic (exact) mass is 294 g/mol. The molecule has 9 heteroatoms. The van der Waals surface area contributed by atoms with E-state index in [1.807, 2.05) is 0 Å². The Morgan fingerprint density at radius 1 is 1.60 bits per heavy atom. The van der Waals surface area contributed by atoms with Crippen molar-refractivity contribution >= 4 is 28.4 Å². The van der Waals surface area contributed by atoms with Crippen LogP contribution < -0.4 is 10.2 Å². The number of hydrazone groups is 1. The van der Waals surface area contributed by atoms with E-state index in [0.29, 0.717) is 5.13 Å². The summed E-state index contributed by atoms with van der Waals surface area (Å²) < 4.78 is 4.88. The SMILES string of the molecule is COc1cc([N+](=O)[O-])cc(/C=N/Nc2nccs2)c1O. The van der Waals surface area contributed by atoms with Crippen LogP contribution in [0, 0.1) is 10.1 Å². The predicted octanol–water partition coefficient (Wildman–Crippen LogP) is 2.21. The van der Waals surface area contributed by atoms with Crippen LogP contribution in [-0.2, 0) is 0 Å². The highest BCUT2D eigenvalue weighted by atomic mass is 32.1. The number of nitro groups is 1. The zero-order valence-electron chi connectivity index (χ0n) is 10.3. The first-order valence-corrected chi connectivity index (χ1v) is 6.23. The number of thiazole rings is 1. The highest BCUT2D eigenvalue weighted by Gasteiger charge is 2.15. The van der Waals surface area contributed by atoms with Crippen LogP contribution in [0.1, 0.15) is 5.56 Å². The molecule has 0 amide bonds. The van der Waals surface area contributed by atoms with Crippen LogP contribution in [0.15, 0.2) is 28.8 Å². The average Bonchev–Trinajstić information content (AvgIpc) is 2.93. The van der Waals surface area contributed by atoms with Crippen molar-refractivity contribution in [2.75, 3.05) is 12.5 Å². The number of rotatable bonds is 5. The number of phenols is 1. The molecule has 0 radical (unpaired) electrons. The molecule has 20 heavy (non-hydrogen) atoms. The molecule has 8 nitrogen and oxygen atoms in total. The van der Waals surface area contributed by atoms with Gasteiger partial charge in [-0.3, -0.25) is 15.5 Å². The minimum Gasteiger partial charge on any atom is -0.504 e. The third-order valence-electron chi connectivity index (χ3n) is 2.32. The van der Waals surface area contributed by atoms with E-state index in [2.05, 4.69) is 15.5 Å². The fourth-order valence-electron chi connectivity index (χ4n) is 1.41. The van der Waals surface area contributed by atoms with Gasteiger partial charge in [0.2, 0.25) is 5.13 Å². The van der Waals surface area contributed by atoms with E-state index in [-0.39, 0.29) is 22.7 Å². The number of aromatic hydroxyl groups is 1. The van der Waals surface area contributed by atoms with Gasteiger partial charge in [0.25, 0.3) is 5.69 Å². The second kappa shape index (κ2) is 5.97. The Morgan fingerprint density at radius 3 is 3.00 bits per heavy atom. The van der Waals surface area contributed by atoms with Crippen molar-refractivity contribution in [1.29, 1.82) is 0 Å². The summed E-state index contributed by atoms with van der Waals surface area (Å²) in [6.45, 7) is 0. The lowest BCUT2D eigenvalue weighted by atomic mass is 10.2. The number of methoxy groups -OCH3 is 1. The van der Waals surface area contributed by atoms with Crippen molar-refractivity contribution in [3.05, 3.63) is 39.4 Å². The van der Waals surface area contributed by atoms with Crippen molar-refractivity contribution in [3.8, 4) is 11.5 Å². The zero-order chi connectivity index (χ0) is 14.5. The lowest BCUT2D eigenvalue weighted by molar-refractivity contribution is -0.385. The Labute approximate surface area is 117 Å². The Hall–Kier alpha value is -2.68. The van der Waals surface area contributed by atoms with Crippen LogP contribution in [0.25, 0.3) is 0 Å². The molecule has 2 rings (SSSR count). The summed E-state index contributed by atoms with van der Waals surface area (Å²) in [7, 11) is 1.31.